The zero-order valence-corrected chi connectivity index (χ0v) is 13.8. The lowest BCUT2D eigenvalue weighted by molar-refractivity contribution is -0.117. The Bertz CT molecular complexity index is 529. The van der Waals surface area contributed by atoms with Crippen molar-refractivity contribution in [3.8, 4) is 0 Å². The summed E-state index contributed by atoms with van der Waals surface area (Å²) in [5, 5.41) is 10.5. The van der Waals surface area contributed by atoms with Crippen LogP contribution in [-0.2, 0) is 14.3 Å². The van der Waals surface area contributed by atoms with Crippen molar-refractivity contribution in [2.75, 3.05) is 39.5 Å². The molecular formula is C17H25N3O3. The number of hydrogen-bond acceptors (Lipinski definition) is 6. The number of carbonyl (C=O) groups excluding carboxylic acids is 1. The van der Waals surface area contributed by atoms with Crippen molar-refractivity contribution in [3.05, 3.63) is 35.4 Å². The van der Waals surface area contributed by atoms with Crippen molar-refractivity contribution >= 4 is 12.0 Å². The van der Waals surface area contributed by atoms with Crippen molar-refractivity contribution in [3.63, 3.8) is 0 Å². The summed E-state index contributed by atoms with van der Waals surface area (Å²) >= 11 is 0. The van der Waals surface area contributed by atoms with Crippen LogP contribution in [0, 0.1) is 11.3 Å². The Hall–Kier alpha value is -1.92. The number of hydrogen-bond donors (Lipinski definition) is 2. The number of carbonyl (C=O) groups is 1. The average molecular weight is 319 g/mol. The molecule has 6 heteroatoms. The summed E-state index contributed by atoms with van der Waals surface area (Å²) in [5.41, 5.74) is 1.03. The molecule has 23 heavy (non-hydrogen) atoms. The molecule has 0 saturated carbocycles. The van der Waals surface area contributed by atoms with Gasteiger partial charge >= 0.3 is 0 Å². The maximum Gasteiger partial charge on any atom is 0.169 e. The van der Waals surface area contributed by atoms with Crippen LogP contribution in [0.3, 0.4) is 0 Å². The van der Waals surface area contributed by atoms with E-state index in [-0.39, 0.29) is 11.7 Å². The minimum atomic E-state index is -0.135. The Morgan fingerprint density at radius 2 is 2.17 bits per heavy atom. The molecule has 2 heterocycles. The van der Waals surface area contributed by atoms with Gasteiger partial charge in [-0.1, -0.05) is 13.8 Å². The van der Waals surface area contributed by atoms with Gasteiger partial charge in [-0.15, -0.1) is 0 Å². The number of nitrogens with zero attached hydrogens (tertiary/aromatic N) is 1. The molecule has 0 spiro atoms. The lowest BCUT2D eigenvalue weighted by Crippen LogP contribution is -2.38. The Labute approximate surface area is 137 Å². The van der Waals surface area contributed by atoms with Crippen molar-refractivity contribution in [1.82, 2.24) is 10.2 Å². The summed E-state index contributed by atoms with van der Waals surface area (Å²) in [6.07, 6.45) is 6.44. The van der Waals surface area contributed by atoms with E-state index in [1.807, 2.05) is 19.9 Å². The minimum Gasteiger partial charge on any atom is -0.491 e. The van der Waals surface area contributed by atoms with Crippen LogP contribution in [0.4, 0.5) is 0 Å². The first-order valence-electron chi connectivity index (χ1n) is 7.98. The second-order valence-electron chi connectivity index (χ2n) is 5.82. The summed E-state index contributed by atoms with van der Waals surface area (Å²) < 4.78 is 11.0. The van der Waals surface area contributed by atoms with Crippen molar-refractivity contribution < 1.29 is 14.3 Å². The summed E-state index contributed by atoms with van der Waals surface area (Å²) in [4.78, 5) is 14.4. The minimum absolute atomic E-state index is 0.0442. The van der Waals surface area contributed by atoms with Crippen LogP contribution < -0.4 is 5.32 Å². The normalized spacial score (nSPS) is 20.7. The summed E-state index contributed by atoms with van der Waals surface area (Å²) in [5.74, 6) is 0.546. The maximum atomic E-state index is 12.1. The Morgan fingerprint density at radius 3 is 2.74 bits per heavy atom. The molecule has 0 aliphatic carbocycles. The fraction of sp³-hybridized carbons (Fsp3) is 0.529. The van der Waals surface area contributed by atoms with Gasteiger partial charge in [0.25, 0.3) is 0 Å². The molecule has 0 radical (unpaired) electrons. The van der Waals surface area contributed by atoms with Gasteiger partial charge in [0.1, 0.15) is 12.4 Å². The van der Waals surface area contributed by atoms with E-state index in [9.17, 15) is 4.79 Å². The quantitative estimate of drug-likeness (QED) is 0.549. The van der Waals surface area contributed by atoms with Crippen LogP contribution in [0.2, 0.25) is 0 Å². The molecule has 6 nitrogen and oxygen atoms in total. The van der Waals surface area contributed by atoms with E-state index >= 15 is 0 Å². The van der Waals surface area contributed by atoms with Crippen molar-refractivity contribution in [1.29, 1.82) is 5.41 Å². The number of allylic oxidation sites excluding steroid dienone is 3. The third kappa shape index (κ3) is 5.04. The first kappa shape index (κ1) is 17.4. The van der Waals surface area contributed by atoms with Gasteiger partial charge in [0.2, 0.25) is 0 Å². The smallest absolute Gasteiger partial charge is 0.169 e. The van der Waals surface area contributed by atoms with E-state index in [1.54, 1.807) is 12.3 Å². The lowest BCUT2D eigenvalue weighted by Gasteiger charge is -2.26. The van der Waals surface area contributed by atoms with Gasteiger partial charge in [-0.25, -0.2) is 0 Å². The van der Waals surface area contributed by atoms with Crippen molar-refractivity contribution in [2.24, 2.45) is 5.92 Å². The third-order valence-corrected chi connectivity index (χ3v) is 3.79. The molecule has 0 bridgehead atoms. The molecule has 0 unspecified atom stereocenters. The Morgan fingerprint density at radius 1 is 1.43 bits per heavy atom. The topological polar surface area (TPSA) is 74.7 Å². The highest BCUT2D eigenvalue weighted by Gasteiger charge is 2.17. The zero-order valence-electron chi connectivity index (χ0n) is 13.8. The zero-order chi connectivity index (χ0) is 16.7. The Balaban J connectivity index is 1.84. The van der Waals surface area contributed by atoms with Gasteiger partial charge in [-0.3, -0.25) is 9.69 Å². The molecule has 2 N–H and O–H groups in total. The second-order valence-corrected chi connectivity index (χ2v) is 5.82. The van der Waals surface area contributed by atoms with E-state index in [0.717, 1.165) is 44.8 Å². The van der Waals surface area contributed by atoms with Gasteiger partial charge < -0.3 is 20.2 Å². The summed E-state index contributed by atoms with van der Waals surface area (Å²) in [6, 6.07) is 0. The maximum absolute atomic E-state index is 12.1. The van der Waals surface area contributed by atoms with Gasteiger partial charge in [-0.05, 0) is 12.2 Å². The number of dihydropyridines is 1. The number of rotatable bonds is 7. The van der Waals surface area contributed by atoms with Gasteiger partial charge in [0.15, 0.2) is 5.78 Å². The molecule has 0 aromatic rings. The molecule has 2 aliphatic heterocycles. The van der Waals surface area contributed by atoms with Crippen LogP contribution in [0.1, 0.15) is 13.8 Å². The van der Waals surface area contributed by atoms with Gasteiger partial charge in [0, 0.05) is 38.0 Å². The highest BCUT2D eigenvalue weighted by molar-refractivity contribution is 6.14. The van der Waals surface area contributed by atoms with Crippen LogP contribution in [0.5, 0.6) is 0 Å². The van der Waals surface area contributed by atoms with E-state index in [2.05, 4.69) is 10.2 Å². The van der Waals surface area contributed by atoms with Gasteiger partial charge in [0.05, 0.1) is 24.5 Å². The molecule has 0 aromatic carbocycles. The number of morpholine rings is 1. The fourth-order valence-electron chi connectivity index (χ4n) is 2.38. The lowest BCUT2D eigenvalue weighted by atomic mass is 9.99. The number of Topliss-reactive ketones (excluding diaryl/α,β-unsaturated/α-hetero) is 1. The van der Waals surface area contributed by atoms with E-state index in [0.29, 0.717) is 17.9 Å². The molecule has 0 amide bonds. The second kappa shape index (κ2) is 8.64. The molecule has 1 saturated heterocycles. The fourth-order valence-corrected chi connectivity index (χ4v) is 2.38. The molecular weight excluding hydrogens is 294 g/mol. The summed E-state index contributed by atoms with van der Waals surface area (Å²) in [6.45, 7) is 8.61. The highest BCUT2D eigenvalue weighted by Crippen LogP contribution is 2.14. The highest BCUT2D eigenvalue weighted by atomic mass is 16.5. The molecule has 2 aliphatic rings. The van der Waals surface area contributed by atoms with Crippen LogP contribution in [0.15, 0.2) is 35.4 Å². The number of ether oxygens (including phenoxy) is 2. The average Bonchev–Trinajstić information content (AvgIpc) is 2.57. The van der Waals surface area contributed by atoms with Gasteiger partial charge in [-0.2, -0.15) is 0 Å². The SMILES string of the molecule is CC(C)C(=O)/C(C=N)=C1\C=CC(OCCN2CCOCC2)=CN1. The Kier molecular flexibility index (Phi) is 6.55. The third-order valence-electron chi connectivity index (χ3n) is 3.79. The van der Waals surface area contributed by atoms with Crippen LogP contribution in [-0.4, -0.2) is 56.4 Å². The van der Waals surface area contributed by atoms with Crippen LogP contribution in [0.25, 0.3) is 0 Å². The monoisotopic (exact) mass is 319 g/mol. The largest absolute Gasteiger partial charge is 0.491 e. The van der Waals surface area contributed by atoms with Crippen LogP contribution >= 0.6 is 0 Å². The predicted molar refractivity (Wildman–Crippen MR) is 89.2 cm³/mol. The molecule has 1 fully saturated rings. The summed E-state index contributed by atoms with van der Waals surface area (Å²) in [7, 11) is 0. The van der Waals surface area contributed by atoms with E-state index in [1.165, 1.54) is 0 Å². The molecule has 0 aromatic heterocycles. The molecule has 126 valence electrons. The van der Waals surface area contributed by atoms with E-state index in [4.69, 9.17) is 14.9 Å². The number of nitrogens with one attached hydrogen (secondary N) is 2. The van der Waals surface area contributed by atoms with E-state index < -0.39 is 0 Å². The molecule has 0 atom stereocenters. The number of ketones is 1. The standard InChI is InChI=1S/C17H25N3O3/c1-13(2)17(21)15(11-18)16-4-3-14(12-19-16)23-10-7-20-5-8-22-9-6-20/h3-4,11-13,18-19H,5-10H2,1-2H3/b16-15+,18-11?. The molecule has 2 rings (SSSR count). The first-order valence-corrected chi connectivity index (χ1v) is 7.98. The van der Waals surface area contributed by atoms with Crippen molar-refractivity contribution in [2.45, 2.75) is 13.8 Å². The predicted octanol–water partition coefficient (Wildman–Crippen LogP) is 1.46. The first-order chi connectivity index (χ1) is 11.1.